The number of hydrogen-bond donors (Lipinski definition) is 2. The summed E-state index contributed by atoms with van der Waals surface area (Å²) in [4.78, 5) is 37.8. The summed E-state index contributed by atoms with van der Waals surface area (Å²) >= 11 is 6.38. The first kappa shape index (κ1) is 33.0. The van der Waals surface area contributed by atoms with Crippen LogP contribution in [0.5, 0.6) is 5.75 Å². The van der Waals surface area contributed by atoms with Gasteiger partial charge < -0.3 is 19.0 Å². The fourth-order valence-corrected chi connectivity index (χ4v) is 5.43. The number of halogens is 2. The third-order valence-electron chi connectivity index (χ3n) is 7.40. The fourth-order valence-electron chi connectivity index (χ4n) is 5.26. The maximum Gasteiger partial charge on any atom is 0.413 e. The van der Waals surface area contributed by atoms with Gasteiger partial charge in [0.25, 0.3) is 5.56 Å². The van der Waals surface area contributed by atoms with Crippen LogP contribution in [0.3, 0.4) is 0 Å². The van der Waals surface area contributed by atoms with Gasteiger partial charge in [-0.2, -0.15) is 9.07 Å². The Hall–Kier alpha value is -5.89. The molecule has 0 saturated heterocycles. The molecule has 13 nitrogen and oxygen atoms in total. The number of H-pyrrole nitrogens is 1. The summed E-state index contributed by atoms with van der Waals surface area (Å²) in [5, 5.41) is 14.3. The zero-order valence-electron chi connectivity index (χ0n) is 26.9. The molecule has 0 bridgehead atoms. The predicted molar refractivity (Wildman–Crippen MR) is 180 cm³/mol. The zero-order valence-corrected chi connectivity index (χ0v) is 27.6. The molecule has 0 radical (unpaired) electrons. The van der Waals surface area contributed by atoms with Crippen LogP contribution in [0.25, 0.3) is 28.1 Å². The Labute approximate surface area is 284 Å². The highest BCUT2D eigenvalue weighted by atomic mass is 35.5. The van der Waals surface area contributed by atoms with E-state index in [1.165, 1.54) is 47.1 Å². The van der Waals surface area contributed by atoms with Crippen LogP contribution >= 0.6 is 11.6 Å². The lowest BCUT2D eigenvalue weighted by molar-refractivity contribution is 0.0635. The number of nitrogens with one attached hydrogen (secondary N) is 2. The van der Waals surface area contributed by atoms with E-state index in [-0.39, 0.29) is 16.9 Å². The van der Waals surface area contributed by atoms with Crippen LogP contribution in [0.15, 0.2) is 90.2 Å². The second-order valence-corrected chi connectivity index (χ2v) is 12.4. The van der Waals surface area contributed by atoms with E-state index >= 15 is 4.39 Å². The molecule has 1 atom stereocenters. The molecule has 250 valence electrons. The molecule has 4 aromatic heterocycles. The number of anilines is 1. The van der Waals surface area contributed by atoms with Gasteiger partial charge in [-0.1, -0.05) is 41.9 Å². The molecule has 6 rings (SSSR count). The summed E-state index contributed by atoms with van der Waals surface area (Å²) in [6.07, 6.45) is 4.12. The number of carbonyl (C=O) groups excluding carboxylic acids is 1. The quantitative estimate of drug-likeness (QED) is 0.168. The van der Waals surface area contributed by atoms with Crippen LogP contribution in [-0.4, -0.2) is 58.5 Å². The lowest BCUT2D eigenvalue weighted by atomic mass is 10.0. The monoisotopic (exact) mass is 683 g/mol. The Morgan fingerprint density at radius 2 is 1.86 bits per heavy atom. The molecule has 15 heteroatoms. The van der Waals surface area contributed by atoms with E-state index < -0.39 is 23.7 Å². The van der Waals surface area contributed by atoms with Crippen molar-refractivity contribution in [2.45, 2.75) is 38.8 Å². The van der Waals surface area contributed by atoms with Gasteiger partial charge in [0.05, 0.1) is 42.5 Å². The molecule has 4 heterocycles. The van der Waals surface area contributed by atoms with Gasteiger partial charge in [0, 0.05) is 28.6 Å². The Balaban J connectivity index is 1.38. The number of methoxy groups -OCH3 is 1. The molecule has 1 unspecified atom stereocenters. The lowest BCUT2D eigenvalue weighted by Gasteiger charge is -2.21. The summed E-state index contributed by atoms with van der Waals surface area (Å²) in [6.45, 7) is 5.16. The first-order valence-corrected chi connectivity index (χ1v) is 15.5. The average Bonchev–Trinajstić information content (AvgIpc) is 3.77. The van der Waals surface area contributed by atoms with Crippen molar-refractivity contribution in [2.24, 2.45) is 0 Å². The number of aromatic amines is 1. The summed E-state index contributed by atoms with van der Waals surface area (Å²) in [5.41, 5.74) is 1.92. The molecule has 0 fully saturated rings. The van der Waals surface area contributed by atoms with E-state index in [1.54, 1.807) is 45.2 Å². The van der Waals surface area contributed by atoms with Crippen molar-refractivity contribution in [3.63, 3.8) is 0 Å². The summed E-state index contributed by atoms with van der Waals surface area (Å²) in [7, 11) is 1.50. The number of ether oxygens (including phenoxy) is 2. The number of imidazole rings is 1. The lowest BCUT2D eigenvalue weighted by Crippen LogP contribution is -2.27. The third-order valence-corrected chi connectivity index (χ3v) is 7.63. The Morgan fingerprint density at radius 1 is 1.06 bits per heavy atom. The summed E-state index contributed by atoms with van der Waals surface area (Å²) in [5.74, 6) is -0.0852. The first-order chi connectivity index (χ1) is 23.5. The summed E-state index contributed by atoms with van der Waals surface area (Å²) in [6, 6.07) is 18.5. The van der Waals surface area contributed by atoms with E-state index in [9.17, 15) is 9.59 Å². The molecule has 1 amide bonds. The maximum absolute atomic E-state index is 15.3. The van der Waals surface area contributed by atoms with Crippen LogP contribution in [0.1, 0.15) is 38.2 Å². The molecule has 0 aliphatic carbocycles. The van der Waals surface area contributed by atoms with Crippen molar-refractivity contribution in [2.75, 3.05) is 12.4 Å². The minimum Gasteiger partial charge on any atom is -0.495 e. The van der Waals surface area contributed by atoms with Gasteiger partial charge in [0.1, 0.15) is 29.3 Å². The van der Waals surface area contributed by atoms with Gasteiger partial charge in [-0.3, -0.25) is 10.1 Å². The van der Waals surface area contributed by atoms with Crippen molar-refractivity contribution in [3.05, 3.63) is 118 Å². The van der Waals surface area contributed by atoms with Gasteiger partial charge >= 0.3 is 6.09 Å². The van der Waals surface area contributed by atoms with Crippen LogP contribution < -0.4 is 15.6 Å². The van der Waals surface area contributed by atoms with Crippen molar-refractivity contribution < 1.29 is 18.7 Å². The van der Waals surface area contributed by atoms with Crippen molar-refractivity contribution >= 4 is 23.5 Å². The molecular weight excluding hydrogens is 653 g/mol. The fraction of sp³-hybridized carbons (Fsp3) is 0.206. The molecule has 49 heavy (non-hydrogen) atoms. The van der Waals surface area contributed by atoms with Crippen LogP contribution in [0, 0.1) is 5.95 Å². The number of amides is 1. The average molecular weight is 684 g/mol. The van der Waals surface area contributed by atoms with Crippen LogP contribution in [0.4, 0.5) is 15.0 Å². The van der Waals surface area contributed by atoms with Gasteiger partial charge in [-0.05, 0) is 67.1 Å². The topological polar surface area (TPSA) is 155 Å². The van der Waals surface area contributed by atoms with Gasteiger partial charge in [0.15, 0.2) is 0 Å². The molecule has 0 aliphatic rings. The third kappa shape index (κ3) is 7.49. The van der Waals surface area contributed by atoms with Crippen molar-refractivity contribution in [1.82, 2.24) is 39.7 Å². The number of carbonyl (C=O) groups is 1. The van der Waals surface area contributed by atoms with Gasteiger partial charge in [-0.25, -0.2) is 14.8 Å². The molecule has 2 N–H and O–H groups in total. The van der Waals surface area contributed by atoms with E-state index in [4.69, 9.17) is 21.1 Å². The molecule has 0 saturated carbocycles. The van der Waals surface area contributed by atoms with E-state index in [0.29, 0.717) is 45.5 Å². The van der Waals surface area contributed by atoms with Crippen molar-refractivity contribution in [3.8, 4) is 33.8 Å². The Bertz CT molecular complexity index is 2160. The second kappa shape index (κ2) is 13.7. The largest absolute Gasteiger partial charge is 0.495 e. The highest BCUT2D eigenvalue weighted by molar-refractivity contribution is 6.31. The highest BCUT2D eigenvalue weighted by Gasteiger charge is 2.24. The molecule has 6 aromatic rings. The van der Waals surface area contributed by atoms with E-state index in [0.717, 1.165) is 5.56 Å². The van der Waals surface area contributed by atoms with E-state index in [1.807, 2.05) is 30.3 Å². The second-order valence-electron chi connectivity index (χ2n) is 12.0. The number of tetrazole rings is 1. The molecule has 0 spiro atoms. The Morgan fingerprint density at radius 3 is 2.55 bits per heavy atom. The molecule has 0 aliphatic heterocycles. The minimum absolute atomic E-state index is 0.0149. The number of benzene rings is 2. The summed E-state index contributed by atoms with van der Waals surface area (Å²) < 4.78 is 29.3. The Kier molecular flexibility index (Phi) is 9.23. The normalized spacial score (nSPS) is 12.0. The van der Waals surface area contributed by atoms with E-state index in [2.05, 4.69) is 35.8 Å². The van der Waals surface area contributed by atoms with Gasteiger partial charge in [-0.15, -0.1) is 5.10 Å². The standard InChI is InChI=1S/C34H31ClFN9O4/c1-34(2,3)49-33(47)41-29-13-11-22(31(36)40-29)25-17-37-32(39-25)27(14-20-8-6-5-7-9-20)44-18-28(48-4)24(16-30(44)46)23-15-21(35)10-12-26(23)45-19-38-42-43-45/h5-13,15-19,27H,14H2,1-4H3,(H,37,39)(H,40,41,47). The molecule has 2 aromatic carbocycles. The van der Waals surface area contributed by atoms with Gasteiger partial charge in [0.2, 0.25) is 5.95 Å². The number of rotatable bonds is 9. The minimum atomic E-state index is -0.841. The van der Waals surface area contributed by atoms with Crippen LogP contribution in [0.2, 0.25) is 5.02 Å². The first-order valence-electron chi connectivity index (χ1n) is 15.1. The predicted octanol–water partition coefficient (Wildman–Crippen LogP) is 6.26. The SMILES string of the molecule is COc1cn(C(Cc2ccccc2)c2ncc(-c3ccc(NC(=O)OC(C)(C)C)nc3F)[nH]2)c(=O)cc1-c1cc(Cl)ccc1-n1cnnn1. The molecular formula is C34H31ClFN9O4. The number of hydrogen-bond acceptors (Lipinski definition) is 9. The number of pyridine rings is 2. The number of aromatic nitrogens is 8. The maximum atomic E-state index is 15.3. The highest BCUT2D eigenvalue weighted by Crippen LogP contribution is 2.36. The smallest absolute Gasteiger partial charge is 0.413 e. The number of nitrogens with zero attached hydrogens (tertiary/aromatic N) is 7. The van der Waals surface area contributed by atoms with Crippen molar-refractivity contribution in [1.29, 1.82) is 0 Å². The van der Waals surface area contributed by atoms with Crippen LogP contribution in [-0.2, 0) is 11.2 Å². The zero-order chi connectivity index (χ0) is 34.7.